The van der Waals surface area contributed by atoms with Crippen LogP contribution in [0.5, 0.6) is 0 Å². The van der Waals surface area contributed by atoms with Gasteiger partial charge in [0.25, 0.3) is 0 Å². The molecule has 10 atom stereocenters. The van der Waals surface area contributed by atoms with Gasteiger partial charge in [0.15, 0.2) is 0 Å². The van der Waals surface area contributed by atoms with Gasteiger partial charge in [-0.05, 0) is 50.5 Å². The molecule has 10 unspecified atom stereocenters. The molecule has 1 spiro atoms. The first kappa shape index (κ1) is 22.8. The molecule has 1 amide bonds. The molecule has 0 radical (unpaired) electrons. The lowest BCUT2D eigenvalue weighted by Crippen LogP contribution is -2.59. The maximum Gasteiger partial charge on any atom is 0.230 e. The van der Waals surface area contributed by atoms with Gasteiger partial charge >= 0.3 is 0 Å². The molecule has 5 rings (SSSR count). The van der Waals surface area contributed by atoms with E-state index < -0.39 is 17.1 Å². The molecule has 1 aromatic carbocycles. The van der Waals surface area contributed by atoms with E-state index >= 15 is 0 Å². The third-order valence-corrected chi connectivity index (χ3v) is 8.97. The fourth-order valence-electron chi connectivity index (χ4n) is 7.25. The molecule has 5 nitrogen and oxygen atoms in total. The Morgan fingerprint density at radius 2 is 1.88 bits per heavy atom. The number of epoxide rings is 1. The van der Waals surface area contributed by atoms with E-state index in [1.165, 1.54) is 5.56 Å². The molecule has 2 saturated heterocycles. The zero-order valence-corrected chi connectivity index (χ0v) is 20.1. The molecule has 4 aliphatic rings. The maximum absolute atomic E-state index is 13.9. The van der Waals surface area contributed by atoms with Crippen LogP contribution < -0.4 is 5.32 Å². The summed E-state index contributed by atoms with van der Waals surface area (Å²) in [5.74, 6) is -0.0603. The van der Waals surface area contributed by atoms with Crippen LogP contribution in [0, 0.1) is 29.1 Å². The number of benzene rings is 1. The summed E-state index contributed by atoms with van der Waals surface area (Å²) in [6, 6.07) is 10.1. The number of amides is 1. The van der Waals surface area contributed by atoms with Gasteiger partial charge in [-0.15, -0.1) is 0 Å². The fraction of sp³-hybridized carbons (Fsp3) is 0.607. The van der Waals surface area contributed by atoms with E-state index in [1.807, 2.05) is 18.2 Å². The topological polar surface area (TPSA) is 82.1 Å². The second-order valence-electron chi connectivity index (χ2n) is 11.4. The second-order valence-corrected chi connectivity index (χ2v) is 11.4. The Kier molecular flexibility index (Phi) is 5.39. The predicted octanol–water partition coefficient (Wildman–Crippen LogP) is 3.41. The van der Waals surface area contributed by atoms with Gasteiger partial charge in [0.05, 0.1) is 28.8 Å². The zero-order valence-electron chi connectivity index (χ0n) is 20.1. The van der Waals surface area contributed by atoms with Crippen LogP contribution in [0.25, 0.3) is 0 Å². The number of nitrogens with one attached hydrogen (secondary N) is 1. The number of carbonyl (C=O) groups is 1. The van der Waals surface area contributed by atoms with Gasteiger partial charge in [0.2, 0.25) is 5.91 Å². The molecule has 3 fully saturated rings. The summed E-state index contributed by atoms with van der Waals surface area (Å²) in [5, 5.41) is 25.9. The van der Waals surface area contributed by atoms with E-state index in [9.17, 15) is 15.0 Å². The number of hydrogen-bond acceptors (Lipinski definition) is 4. The van der Waals surface area contributed by atoms with Gasteiger partial charge in [-0.3, -0.25) is 4.79 Å². The Morgan fingerprint density at radius 1 is 1.15 bits per heavy atom. The molecule has 2 aliphatic carbocycles. The molecule has 2 heterocycles. The molecule has 5 heteroatoms. The zero-order chi connectivity index (χ0) is 23.6. The normalized spacial score (nSPS) is 48.8. The summed E-state index contributed by atoms with van der Waals surface area (Å²) in [4.78, 5) is 13.9. The SMILES string of the molecule is CC1CC=CC2C3OC3(C)C(C)C3C(Cc4ccccc4)NC(=O)C23C(O)C=CC(C)(O)C1. The van der Waals surface area contributed by atoms with Crippen molar-refractivity contribution in [3.8, 4) is 0 Å². The van der Waals surface area contributed by atoms with E-state index in [2.05, 4.69) is 50.4 Å². The highest BCUT2D eigenvalue weighted by atomic mass is 16.6. The molecule has 3 N–H and O–H groups in total. The highest BCUT2D eigenvalue weighted by Gasteiger charge is 2.77. The number of aliphatic hydroxyl groups excluding tert-OH is 1. The molecule has 0 bridgehead atoms. The minimum absolute atomic E-state index is 0.0902. The average molecular weight is 452 g/mol. The number of fused-ring (bicyclic) bond motifs is 2. The van der Waals surface area contributed by atoms with Crippen molar-refractivity contribution >= 4 is 5.91 Å². The third-order valence-electron chi connectivity index (χ3n) is 8.97. The molecule has 1 aromatic rings. The third kappa shape index (κ3) is 3.51. The van der Waals surface area contributed by atoms with Crippen LogP contribution in [0.2, 0.25) is 0 Å². The molecule has 2 aliphatic heterocycles. The molecular formula is C28H37NO4. The van der Waals surface area contributed by atoms with E-state index in [0.29, 0.717) is 12.8 Å². The van der Waals surface area contributed by atoms with Crippen LogP contribution in [0.15, 0.2) is 54.6 Å². The van der Waals surface area contributed by atoms with E-state index in [-0.39, 0.29) is 47.3 Å². The first-order valence-electron chi connectivity index (χ1n) is 12.4. The number of carbonyl (C=O) groups excluding carboxylic acids is 1. The Balaban J connectivity index is 1.63. The Hall–Kier alpha value is -1.95. The van der Waals surface area contributed by atoms with Crippen LogP contribution in [0.4, 0.5) is 0 Å². The van der Waals surface area contributed by atoms with Crippen molar-refractivity contribution in [2.45, 2.75) is 76.4 Å². The lowest BCUT2D eigenvalue weighted by atomic mass is 9.51. The van der Waals surface area contributed by atoms with Crippen LogP contribution in [0.3, 0.4) is 0 Å². The smallest absolute Gasteiger partial charge is 0.230 e. The maximum atomic E-state index is 13.9. The summed E-state index contributed by atoms with van der Waals surface area (Å²) >= 11 is 0. The average Bonchev–Trinajstić information content (AvgIpc) is 3.37. The van der Waals surface area contributed by atoms with Gasteiger partial charge in [-0.25, -0.2) is 0 Å². The van der Waals surface area contributed by atoms with Gasteiger partial charge in [-0.1, -0.05) is 68.5 Å². The van der Waals surface area contributed by atoms with Gasteiger partial charge in [0, 0.05) is 17.9 Å². The summed E-state index contributed by atoms with van der Waals surface area (Å²) in [6.07, 6.45) is 8.65. The van der Waals surface area contributed by atoms with Crippen molar-refractivity contribution in [2.75, 3.05) is 0 Å². The predicted molar refractivity (Wildman–Crippen MR) is 127 cm³/mol. The number of allylic oxidation sites excluding steroid dienone is 1. The number of rotatable bonds is 2. The minimum atomic E-state index is -1.04. The molecule has 178 valence electrons. The molecule has 1 saturated carbocycles. The molecule has 0 aromatic heterocycles. The van der Waals surface area contributed by atoms with Crippen molar-refractivity contribution in [1.29, 1.82) is 0 Å². The minimum Gasteiger partial charge on any atom is -0.388 e. The lowest BCUT2D eigenvalue weighted by molar-refractivity contribution is -0.142. The molecule has 33 heavy (non-hydrogen) atoms. The monoisotopic (exact) mass is 451 g/mol. The lowest BCUT2D eigenvalue weighted by Gasteiger charge is -2.48. The van der Waals surface area contributed by atoms with Gasteiger partial charge in [-0.2, -0.15) is 0 Å². The van der Waals surface area contributed by atoms with Gasteiger partial charge < -0.3 is 20.3 Å². The highest BCUT2D eigenvalue weighted by Crippen LogP contribution is 2.66. The Morgan fingerprint density at radius 3 is 2.61 bits per heavy atom. The van der Waals surface area contributed by atoms with Crippen LogP contribution in [-0.2, 0) is 16.0 Å². The Labute approximate surface area is 196 Å². The van der Waals surface area contributed by atoms with Crippen LogP contribution in [-0.4, -0.2) is 45.6 Å². The quantitative estimate of drug-likeness (QED) is 0.475. The Bertz CT molecular complexity index is 971. The summed E-state index contributed by atoms with van der Waals surface area (Å²) in [7, 11) is 0. The standard InChI is InChI=1S/C28H37NO4/c1-17-9-8-12-20-24-27(4,33-24)18(2)23-21(15-19-10-6-5-7-11-19)29-25(31)28(20,23)22(30)13-14-26(3,32)16-17/h5-8,10-14,17-18,20-24,30,32H,9,15-16H2,1-4H3,(H,29,31). The second kappa shape index (κ2) is 7.79. The summed E-state index contributed by atoms with van der Waals surface area (Å²) < 4.78 is 6.33. The summed E-state index contributed by atoms with van der Waals surface area (Å²) in [6.45, 7) is 8.23. The van der Waals surface area contributed by atoms with E-state index in [4.69, 9.17) is 4.74 Å². The van der Waals surface area contributed by atoms with E-state index in [0.717, 1.165) is 6.42 Å². The highest BCUT2D eigenvalue weighted by molar-refractivity contribution is 5.88. The number of ether oxygens (including phenoxy) is 1. The van der Waals surface area contributed by atoms with Crippen molar-refractivity contribution in [3.63, 3.8) is 0 Å². The van der Waals surface area contributed by atoms with Crippen LogP contribution >= 0.6 is 0 Å². The molecular weight excluding hydrogens is 414 g/mol. The van der Waals surface area contributed by atoms with Crippen molar-refractivity contribution < 1.29 is 19.7 Å². The first-order chi connectivity index (χ1) is 15.6. The van der Waals surface area contributed by atoms with Gasteiger partial charge in [0.1, 0.15) is 0 Å². The first-order valence-corrected chi connectivity index (χ1v) is 12.4. The van der Waals surface area contributed by atoms with Crippen molar-refractivity contribution in [1.82, 2.24) is 5.32 Å². The summed E-state index contributed by atoms with van der Waals surface area (Å²) in [5.41, 5.74) is -1.20. The van der Waals surface area contributed by atoms with E-state index in [1.54, 1.807) is 19.1 Å². The number of hydrogen-bond donors (Lipinski definition) is 3. The van der Waals surface area contributed by atoms with Crippen LogP contribution in [0.1, 0.15) is 46.1 Å². The fourth-order valence-corrected chi connectivity index (χ4v) is 7.25. The van der Waals surface area contributed by atoms with Crippen molar-refractivity contribution in [3.05, 3.63) is 60.2 Å². The van der Waals surface area contributed by atoms with Crippen molar-refractivity contribution in [2.24, 2.45) is 29.1 Å². The largest absolute Gasteiger partial charge is 0.388 e. The number of aliphatic hydroxyl groups is 2.